The molecule has 2 amide bonds. The number of piperidine rings is 1. The fourth-order valence-electron chi connectivity index (χ4n) is 3.06. The number of nitrogens with two attached hydrogens (primary N) is 1. The van der Waals surface area contributed by atoms with Crippen molar-refractivity contribution in [3.05, 3.63) is 35.9 Å². The van der Waals surface area contributed by atoms with E-state index in [9.17, 15) is 9.59 Å². The second-order valence-corrected chi connectivity index (χ2v) is 6.29. The van der Waals surface area contributed by atoms with Crippen LogP contribution in [0.3, 0.4) is 0 Å². The normalized spacial score (nSPS) is 17.9. The number of likely N-dealkylation sites (tertiary alicyclic amines) is 1. The van der Waals surface area contributed by atoms with Gasteiger partial charge in [0.1, 0.15) is 0 Å². The van der Waals surface area contributed by atoms with E-state index in [2.05, 4.69) is 20.5 Å². The van der Waals surface area contributed by atoms with E-state index >= 15 is 0 Å². The van der Waals surface area contributed by atoms with Crippen LogP contribution in [0.25, 0.3) is 0 Å². The van der Waals surface area contributed by atoms with E-state index in [1.54, 1.807) is 7.05 Å². The largest absolute Gasteiger partial charge is 0.370 e. The summed E-state index contributed by atoms with van der Waals surface area (Å²) in [4.78, 5) is 29.5. The Labute approximate surface area is 148 Å². The van der Waals surface area contributed by atoms with Crippen molar-refractivity contribution in [2.75, 3.05) is 26.7 Å². The van der Waals surface area contributed by atoms with Gasteiger partial charge in [-0.05, 0) is 24.3 Å². The molecule has 0 bridgehead atoms. The third kappa shape index (κ3) is 6.45. The molecule has 4 N–H and O–H groups in total. The number of benzene rings is 1. The number of rotatable bonds is 6. The quantitative estimate of drug-likeness (QED) is 0.515. The number of carbonyl (C=O) groups excluding carboxylic acids is 2. The summed E-state index contributed by atoms with van der Waals surface area (Å²) in [6, 6.07) is 9.78. The van der Waals surface area contributed by atoms with Crippen LogP contribution in [0.5, 0.6) is 0 Å². The minimum atomic E-state index is -0.268. The highest BCUT2D eigenvalue weighted by atomic mass is 16.2. The molecule has 1 fully saturated rings. The van der Waals surface area contributed by atoms with Gasteiger partial charge in [0.2, 0.25) is 11.8 Å². The van der Waals surface area contributed by atoms with E-state index in [4.69, 9.17) is 5.73 Å². The number of nitrogens with one attached hydrogen (secondary N) is 2. The molecule has 2 rings (SSSR count). The lowest BCUT2D eigenvalue weighted by molar-refractivity contribution is -0.120. The molecule has 0 radical (unpaired) electrons. The zero-order chi connectivity index (χ0) is 18.1. The topological polar surface area (TPSA) is 99.8 Å². The monoisotopic (exact) mass is 345 g/mol. The van der Waals surface area contributed by atoms with Crippen LogP contribution in [0, 0.1) is 5.92 Å². The van der Waals surface area contributed by atoms with Crippen molar-refractivity contribution in [2.24, 2.45) is 16.6 Å². The van der Waals surface area contributed by atoms with Gasteiger partial charge in [0.05, 0.1) is 6.54 Å². The number of guanidine groups is 1. The van der Waals surface area contributed by atoms with Gasteiger partial charge < -0.3 is 21.3 Å². The van der Waals surface area contributed by atoms with Crippen LogP contribution in [0.1, 0.15) is 24.8 Å². The smallest absolute Gasteiger partial charge is 0.239 e. The zero-order valence-electron chi connectivity index (χ0n) is 14.7. The highest BCUT2D eigenvalue weighted by molar-refractivity contribution is 5.86. The molecule has 0 spiro atoms. The fourth-order valence-corrected chi connectivity index (χ4v) is 3.06. The molecule has 7 heteroatoms. The van der Waals surface area contributed by atoms with E-state index < -0.39 is 0 Å². The van der Waals surface area contributed by atoms with Gasteiger partial charge in [-0.3, -0.25) is 14.6 Å². The van der Waals surface area contributed by atoms with E-state index in [0.717, 1.165) is 31.5 Å². The Balaban J connectivity index is 1.77. The molecule has 1 atom stereocenters. The maximum absolute atomic E-state index is 12.0. The van der Waals surface area contributed by atoms with Crippen molar-refractivity contribution in [1.29, 1.82) is 0 Å². The molecule has 25 heavy (non-hydrogen) atoms. The van der Waals surface area contributed by atoms with Gasteiger partial charge in [-0.15, -0.1) is 0 Å². The summed E-state index contributed by atoms with van der Waals surface area (Å²) in [6.07, 6.45) is 2.37. The zero-order valence-corrected chi connectivity index (χ0v) is 14.7. The lowest BCUT2D eigenvalue weighted by Gasteiger charge is -2.34. The number of hydrogen-bond donors (Lipinski definition) is 3. The lowest BCUT2D eigenvalue weighted by atomic mass is 9.95. The molecule has 1 unspecified atom stereocenters. The van der Waals surface area contributed by atoms with E-state index in [1.165, 1.54) is 0 Å². The molecule has 1 aromatic rings. The van der Waals surface area contributed by atoms with Crippen LogP contribution in [0.15, 0.2) is 35.3 Å². The highest BCUT2D eigenvalue weighted by Gasteiger charge is 2.23. The van der Waals surface area contributed by atoms with E-state index in [0.29, 0.717) is 18.9 Å². The summed E-state index contributed by atoms with van der Waals surface area (Å²) in [7, 11) is 1.70. The van der Waals surface area contributed by atoms with Crippen molar-refractivity contribution in [3.63, 3.8) is 0 Å². The lowest BCUT2D eigenvalue weighted by Crippen LogP contribution is -2.49. The maximum Gasteiger partial charge on any atom is 0.239 e. The van der Waals surface area contributed by atoms with E-state index in [-0.39, 0.29) is 24.3 Å². The Bertz CT molecular complexity index is 603. The fraction of sp³-hybridized carbons (Fsp3) is 0.500. The summed E-state index contributed by atoms with van der Waals surface area (Å²) < 4.78 is 0. The van der Waals surface area contributed by atoms with Gasteiger partial charge >= 0.3 is 0 Å². The van der Waals surface area contributed by atoms with Gasteiger partial charge in [0, 0.05) is 33.1 Å². The van der Waals surface area contributed by atoms with Crippen molar-refractivity contribution in [1.82, 2.24) is 15.5 Å². The summed E-state index contributed by atoms with van der Waals surface area (Å²) in [5, 5.41) is 5.98. The second-order valence-electron chi connectivity index (χ2n) is 6.29. The van der Waals surface area contributed by atoms with Gasteiger partial charge in [-0.2, -0.15) is 0 Å². The summed E-state index contributed by atoms with van der Waals surface area (Å²) in [6.45, 7) is 2.26. The molecule has 1 saturated heterocycles. The van der Waals surface area contributed by atoms with Crippen LogP contribution in [-0.2, 0) is 16.1 Å². The number of carbonyl (C=O) groups is 2. The number of nitrogens with zero attached hydrogens (tertiary/aromatic N) is 2. The van der Waals surface area contributed by atoms with Crippen LogP contribution in [-0.4, -0.2) is 49.4 Å². The second kappa shape index (κ2) is 9.66. The minimum Gasteiger partial charge on any atom is -0.370 e. The molecule has 1 heterocycles. The molecule has 136 valence electrons. The predicted molar refractivity (Wildman–Crippen MR) is 97.8 cm³/mol. The highest BCUT2D eigenvalue weighted by Crippen LogP contribution is 2.19. The van der Waals surface area contributed by atoms with Gasteiger partial charge in [-0.1, -0.05) is 30.3 Å². The Morgan fingerprint density at radius 1 is 1.28 bits per heavy atom. The number of primary amides is 1. The van der Waals surface area contributed by atoms with Gasteiger partial charge in [0.25, 0.3) is 0 Å². The van der Waals surface area contributed by atoms with E-state index in [1.807, 2.05) is 30.3 Å². The molecule has 1 aliphatic rings. The average Bonchev–Trinajstić information content (AvgIpc) is 2.61. The first kappa shape index (κ1) is 18.8. The van der Waals surface area contributed by atoms with Crippen molar-refractivity contribution < 1.29 is 9.59 Å². The average molecular weight is 345 g/mol. The van der Waals surface area contributed by atoms with Crippen molar-refractivity contribution >= 4 is 17.8 Å². The molecular weight excluding hydrogens is 318 g/mol. The molecule has 7 nitrogen and oxygen atoms in total. The number of aliphatic imine (C=N–C) groups is 1. The van der Waals surface area contributed by atoms with Crippen LogP contribution < -0.4 is 16.4 Å². The SMILES string of the molecule is CN=C(NCC(=O)NCc1ccccc1)N1CCCC(CC(N)=O)C1. The van der Waals surface area contributed by atoms with Crippen molar-refractivity contribution in [2.45, 2.75) is 25.8 Å². The summed E-state index contributed by atoms with van der Waals surface area (Å²) in [5.74, 6) is 0.575. The van der Waals surface area contributed by atoms with Gasteiger partial charge in [-0.25, -0.2) is 0 Å². The minimum absolute atomic E-state index is 0.0873. The van der Waals surface area contributed by atoms with Crippen molar-refractivity contribution in [3.8, 4) is 0 Å². The van der Waals surface area contributed by atoms with Crippen LogP contribution in [0.2, 0.25) is 0 Å². The third-order valence-corrected chi connectivity index (χ3v) is 4.26. The first-order valence-corrected chi connectivity index (χ1v) is 8.63. The Hall–Kier alpha value is -2.57. The molecule has 1 aliphatic heterocycles. The third-order valence-electron chi connectivity index (χ3n) is 4.26. The Kier molecular flexibility index (Phi) is 7.25. The number of hydrogen-bond acceptors (Lipinski definition) is 3. The molecule has 0 aliphatic carbocycles. The molecule has 0 saturated carbocycles. The first-order chi connectivity index (χ1) is 12.1. The van der Waals surface area contributed by atoms with Crippen LogP contribution >= 0.6 is 0 Å². The van der Waals surface area contributed by atoms with Crippen LogP contribution in [0.4, 0.5) is 0 Å². The summed E-state index contributed by atoms with van der Waals surface area (Å²) in [5.41, 5.74) is 6.36. The molecule has 1 aromatic carbocycles. The summed E-state index contributed by atoms with van der Waals surface area (Å²) >= 11 is 0. The standard InChI is InChI=1S/C18H27N5O2/c1-20-18(23-9-5-8-15(13-23)10-16(19)24)22-12-17(25)21-11-14-6-3-2-4-7-14/h2-4,6-7,15H,5,8-13H2,1H3,(H2,19,24)(H,20,22)(H,21,25). The Morgan fingerprint density at radius 3 is 2.72 bits per heavy atom. The molecule has 0 aromatic heterocycles. The Morgan fingerprint density at radius 2 is 2.04 bits per heavy atom. The first-order valence-electron chi connectivity index (χ1n) is 8.63. The van der Waals surface area contributed by atoms with Gasteiger partial charge in [0.15, 0.2) is 5.96 Å². The maximum atomic E-state index is 12.0. The number of amides is 2. The molecular formula is C18H27N5O2. The predicted octanol–water partition coefficient (Wildman–Crippen LogP) is 0.466.